The average Bonchev–Trinajstić information content (AvgIpc) is 2.54. The molecule has 0 spiro atoms. The molecule has 0 aliphatic heterocycles. The fraction of sp³-hybridized carbons (Fsp3) is 0.588. The minimum absolute atomic E-state index is 0.0507. The molecule has 1 rings (SSSR count). The highest BCUT2D eigenvalue weighted by molar-refractivity contribution is 5.91. The number of carbonyl (C=O) groups excluding carboxylic acids is 1. The fourth-order valence-electron chi connectivity index (χ4n) is 2.60. The van der Waals surface area contributed by atoms with Crippen molar-refractivity contribution in [2.45, 2.75) is 46.6 Å². The number of aryl methyl sites for hydroxylation is 1. The van der Waals surface area contributed by atoms with Crippen molar-refractivity contribution in [3.8, 4) is 5.75 Å². The van der Waals surface area contributed by atoms with Crippen molar-refractivity contribution in [2.75, 3.05) is 18.5 Å². The van der Waals surface area contributed by atoms with Gasteiger partial charge in [-0.15, -0.1) is 0 Å². The number of carbonyl (C=O) groups is 1. The van der Waals surface area contributed by atoms with E-state index in [4.69, 9.17) is 0 Å². The predicted molar refractivity (Wildman–Crippen MR) is 89.6 cm³/mol. The van der Waals surface area contributed by atoms with E-state index in [1.165, 1.54) is 6.07 Å². The van der Waals surface area contributed by atoms with Gasteiger partial charge < -0.3 is 20.5 Å². The Kier molecular flexibility index (Phi) is 7.91. The number of hydrogen-bond donors (Lipinski definition) is 3. The molecule has 1 aromatic carbocycles. The van der Waals surface area contributed by atoms with Crippen LogP contribution >= 0.6 is 0 Å². The summed E-state index contributed by atoms with van der Waals surface area (Å²) in [5.41, 5.74) is 0.659. The van der Waals surface area contributed by atoms with Crippen molar-refractivity contribution < 1.29 is 23.4 Å². The van der Waals surface area contributed by atoms with E-state index in [1.54, 1.807) is 19.1 Å². The smallest absolute Gasteiger partial charge is 0.387 e. The number of amides is 2. The van der Waals surface area contributed by atoms with Gasteiger partial charge in [0.05, 0.1) is 5.69 Å². The van der Waals surface area contributed by atoms with Gasteiger partial charge in [0.25, 0.3) is 0 Å². The topological polar surface area (TPSA) is 70.6 Å². The Hall–Kier alpha value is -1.89. The van der Waals surface area contributed by atoms with Gasteiger partial charge in [0.2, 0.25) is 0 Å². The van der Waals surface area contributed by atoms with Crippen LogP contribution in [0.4, 0.5) is 19.3 Å². The van der Waals surface area contributed by atoms with E-state index in [0.29, 0.717) is 18.5 Å². The van der Waals surface area contributed by atoms with Gasteiger partial charge in [0, 0.05) is 13.2 Å². The summed E-state index contributed by atoms with van der Waals surface area (Å²) in [4.78, 5) is 12.2. The molecule has 0 radical (unpaired) electrons. The van der Waals surface area contributed by atoms with Crippen molar-refractivity contribution >= 4 is 11.7 Å². The maximum Gasteiger partial charge on any atom is 0.387 e. The number of nitrogens with one attached hydrogen (secondary N) is 2. The van der Waals surface area contributed by atoms with Crippen molar-refractivity contribution in [1.82, 2.24) is 5.32 Å². The third kappa shape index (κ3) is 5.63. The van der Waals surface area contributed by atoms with E-state index in [2.05, 4.69) is 15.4 Å². The highest BCUT2D eigenvalue weighted by atomic mass is 19.3. The predicted octanol–water partition coefficient (Wildman–Crippen LogP) is 3.91. The second-order valence-electron chi connectivity index (χ2n) is 5.81. The van der Waals surface area contributed by atoms with E-state index >= 15 is 0 Å². The van der Waals surface area contributed by atoms with Gasteiger partial charge in [-0.25, -0.2) is 4.79 Å². The number of para-hydroxylation sites is 1. The zero-order valence-electron chi connectivity index (χ0n) is 14.4. The quantitative estimate of drug-likeness (QED) is 0.636. The SMILES string of the molecule is CCC(CC)(CCO)CNC(=O)Nc1c(C)cccc1OC(F)F. The molecule has 136 valence electrons. The molecule has 0 unspecified atom stereocenters. The van der Waals surface area contributed by atoms with Crippen molar-refractivity contribution in [3.63, 3.8) is 0 Å². The maximum atomic E-state index is 12.5. The first-order chi connectivity index (χ1) is 11.4. The number of urea groups is 1. The van der Waals surface area contributed by atoms with Crippen LogP contribution in [0.15, 0.2) is 18.2 Å². The maximum absolute atomic E-state index is 12.5. The number of ether oxygens (including phenoxy) is 1. The Bertz CT molecular complexity index is 535. The molecular formula is C17H26F2N2O3. The van der Waals surface area contributed by atoms with Gasteiger partial charge in [-0.1, -0.05) is 26.0 Å². The summed E-state index contributed by atoms with van der Waals surface area (Å²) in [5.74, 6) is -0.0762. The van der Waals surface area contributed by atoms with E-state index in [1.807, 2.05) is 13.8 Å². The number of aliphatic hydroxyl groups is 1. The Morgan fingerprint density at radius 2 is 2.00 bits per heavy atom. The second-order valence-corrected chi connectivity index (χ2v) is 5.81. The zero-order valence-corrected chi connectivity index (χ0v) is 14.4. The van der Waals surface area contributed by atoms with E-state index < -0.39 is 12.6 Å². The first-order valence-electron chi connectivity index (χ1n) is 8.07. The molecule has 0 saturated carbocycles. The van der Waals surface area contributed by atoms with Crippen LogP contribution in [-0.2, 0) is 0 Å². The van der Waals surface area contributed by atoms with Gasteiger partial charge in [0.15, 0.2) is 0 Å². The van der Waals surface area contributed by atoms with Crippen molar-refractivity contribution in [2.24, 2.45) is 5.41 Å². The Labute approximate surface area is 141 Å². The number of anilines is 1. The normalized spacial score (nSPS) is 11.5. The summed E-state index contributed by atoms with van der Waals surface area (Å²) in [7, 11) is 0. The number of halogens is 2. The minimum atomic E-state index is -2.97. The van der Waals surface area contributed by atoms with Gasteiger partial charge in [0.1, 0.15) is 5.75 Å². The molecule has 0 atom stereocenters. The van der Waals surface area contributed by atoms with Crippen LogP contribution in [0, 0.1) is 12.3 Å². The van der Waals surface area contributed by atoms with E-state index in [9.17, 15) is 18.7 Å². The Balaban J connectivity index is 2.78. The summed E-state index contributed by atoms with van der Waals surface area (Å²) < 4.78 is 29.4. The van der Waals surface area contributed by atoms with E-state index in [-0.39, 0.29) is 23.5 Å². The number of benzene rings is 1. The summed E-state index contributed by atoms with van der Waals surface area (Å²) in [6, 6.07) is 4.16. The number of aliphatic hydroxyl groups excluding tert-OH is 1. The summed E-state index contributed by atoms with van der Waals surface area (Å²) in [6.45, 7) is 3.19. The first-order valence-corrected chi connectivity index (χ1v) is 8.07. The van der Waals surface area contributed by atoms with Crippen LogP contribution in [-0.4, -0.2) is 30.9 Å². The second kappa shape index (κ2) is 9.42. The van der Waals surface area contributed by atoms with Crippen LogP contribution < -0.4 is 15.4 Å². The first kappa shape index (κ1) is 20.2. The Morgan fingerprint density at radius 3 is 2.54 bits per heavy atom. The van der Waals surface area contributed by atoms with Crippen LogP contribution in [0.3, 0.4) is 0 Å². The standard InChI is InChI=1S/C17H26F2N2O3/c1-4-17(5-2,9-10-22)11-20-16(23)21-14-12(3)7-6-8-13(14)24-15(18)19/h6-8,15,22H,4-5,9-11H2,1-3H3,(H2,20,21,23). The van der Waals surface area contributed by atoms with Crippen molar-refractivity contribution in [1.29, 1.82) is 0 Å². The molecule has 7 heteroatoms. The molecule has 1 aromatic rings. The number of hydrogen-bond acceptors (Lipinski definition) is 3. The van der Waals surface area contributed by atoms with Gasteiger partial charge >= 0.3 is 12.6 Å². The summed E-state index contributed by atoms with van der Waals surface area (Å²) in [5, 5.41) is 14.5. The number of rotatable bonds is 9. The molecule has 0 aliphatic rings. The lowest BCUT2D eigenvalue weighted by molar-refractivity contribution is -0.0493. The zero-order chi connectivity index (χ0) is 18.2. The van der Waals surface area contributed by atoms with Gasteiger partial charge in [-0.05, 0) is 43.2 Å². The summed E-state index contributed by atoms with van der Waals surface area (Å²) in [6.07, 6.45) is 2.22. The molecule has 0 heterocycles. The molecule has 2 amide bonds. The fourth-order valence-corrected chi connectivity index (χ4v) is 2.60. The molecule has 24 heavy (non-hydrogen) atoms. The van der Waals surface area contributed by atoms with Crippen LogP contribution in [0.2, 0.25) is 0 Å². The van der Waals surface area contributed by atoms with Crippen LogP contribution in [0.1, 0.15) is 38.7 Å². The molecule has 0 aromatic heterocycles. The lowest BCUT2D eigenvalue weighted by Gasteiger charge is -2.31. The largest absolute Gasteiger partial charge is 0.433 e. The van der Waals surface area contributed by atoms with Crippen LogP contribution in [0.5, 0.6) is 5.75 Å². The van der Waals surface area contributed by atoms with Gasteiger partial charge in [-0.3, -0.25) is 0 Å². The van der Waals surface area contributed by atoms with Crippen LogP contribution in [0.25, 0.3) is 0 Å². The highest BCUT2D eigenvalue weighted by Crippen LogP contribution is 2.31. The van der Waals surface area contributed by atoms with Gasteiger partial charge in [-0.2, -0.15) is 8.78 Å². The molecule has 0 bridgehead atoms. The third-order valence-electron chi connectivity index (χ3n) is 4.46. The highest BCUT2D eigenvalue weighted by Gasteiger charge is 2.26. The third-order valence-corrected chi connectivity index (χ3v) is 4.46. The lowest BCUT2D eigenvalue weighted by atomic mass is 9.79. The molecular weight excluding hydrogens is 318 g/mol. The Morgan fingerprint density at radius 1 is 1.33 bits per heavy atom. The minimum Gasteiger partial charge on any atom is -0.433 e. The molecule has 3 N–H and O–H groups in total. The lowest BCUT2D eigenvalue weighted by Crippen LogP contribution is -2.39. The monoisotopic (exact) mass is 344 g/mol. The van der Waals surface area contributed by atoms with E-state index in [0.717, 1.165) is 12.8 Å². The molecule has 0 fully saturated rings. The molecule has 0 saturated heterocycles. The number of alkyl halides is 2. The average molecular weight is 344 g/mol. The summed E-state index contributed by atoms with van der Waals surface area (Å²) >= 11 is 0. The molecule has 0 aliphatic carbocycles. The molecule has 5 nitrogen and oxygen atoms in total. The van der Waals surface area contributed by atoms with Crippen molar-refractivity contribution in [3.05, 3.63) is 23.8 Å².